The van der Waals surface area contributed by atoms with E-state index < -0.39 is 11.9 Å². The fourth-order valence-corrected chi connectivity index (χ4v) is 2.74. The number of carboxylic acid groups (broad SMARTS) is 1. The zero-order valence-electron chi connectivity index (χ0n) is 12.7. The molecule has 2 aromatic rings. The van der Waals surface area contributed by atoms with E-state index in [4.69, 9.17) is 9.84 Å². The molecule has 1 aliphatic heterocycles. The van der Waals surface area contributed by atoms with Gasteiger partial charge in [0.05, 0.1) is 30.5 Å². The Bertz CT molecular complexity index is 723. The number of H-pyrrole nitrogens is 1. The topological polar surface area (TPSA) is 95.5 Å². The maximum Gasteiger partial charge on any atom is 0.308 e. The average molecular weight is 315 g/mol. The Morgan fingerprint density at radius 2 is 2.09 bits per heavy atom. The van der Waals surface area contributed by atoms with Crippen LogP contribution in [0.3, 0.4) is 0 Å². The minimum absolute atomic E-state index is 0.201. The first kappa shape index (κ1) is 15.1. The maximum atomic E-state index is 12.6. The molecule has 23 heavy (non-hydrogen) atoms. The lowest BCUT2D eigenvalue weighted by atomic mass is 10.1. The number of methoxy groups -OCH3 is 1. The number of aliphatic carboxylic acids is 1. The number of carbonyl (C=O) groups is 2. The number of likely N-dealkylation sites (tertiary alicyclic amines) is 1. The summed E-state index contributed by atoms with van der Waals surface area (Å²) >= 11 is 0. The molecule has 0 bridgehead atoms. The highest BCUT2D eigenvalue weighted by Crippen LogP contribution is 2.26. The number of ether oxygens (including phenoxy) is 1. The van der Waals surface area contributed by atoms with Gasteiger partial charge in [-0.05, 0) is 30.7 Å². The molecule has 7 nitrogen and oxygen atoms in total. The number of carbonyl (C=O) groups excluding carboxylic acids is 1. The van der Waals surface area contributed by atoms with Crippen molar-refractivity contribution in [3.05, 3.63) is 36.0 Å². The quantitative estimate of drug-likeness (QED) is 0.894. The highest BCUT2D eigenvalue weighted by Gasteiger charge is 2.32. The molecule has 0 saturated carbocycles. The molecule has 1 aromatic heterocycles. The van der Waals surface area contributed by atoms with Gasteiger partial charge in [0.25, 0.3) is 5.91 Å². The second kappa shape index (κ2) is 6.12. The van der Waals surface area contributed by atoms with E-state index in [9.17, 15) is 9.59 Å². The minimum atomic E-state index is -0.858. The van der Waals surface area contributed by atoms with Crippen molar-refractivity contribution in [3.63, 3.8) is 0 Å². The molecule has 2 N–H and O–H groups in total. The zero-order chi connectivity index (χ0) is 16.4. The van der Waals surface area contributed by atoms with Crippen LogP contribution in [0, 0.1) is 5.92 Å². The fraction of sp³-hybridized carbons (Fsp3) is 0.312. The molecule has 1 fully saturated rings. The maximum absolute atomic E-state index is 12.6. The molecule has 120 valence electrons. The van der Waals surface area contributed by atoms with Crippen LogP contribution < -0.4 is 4.74 Å². The second-order valence-electron chi connectivity index (χ2n) is 5.46. The standard InChI is InChI=1S/C16H17N3O4/c1-23-12-4-2-10(3-5-12)14-13(8-17-18-14)15(20)19-7-6-11(9-19)16(21)22/h2-5,8,11H,6-7,9H2,1H3,(H,17,18)(H,21,22)/t11-/m0/s1. The molecule has 1 atom stereocenters. The van der Waals surface area contributed by atoms with Crippen LogP contribution in [0.15, 0.2) is 30.5 Å². The van der Waals surface area contributed by atoms with E-state index >= 15 is 0 Å². The predicted octanol–water partition coefficient (Wildman–Crippen LogP) is 1.63. The summed E-state index contributed by atoms with van der Waals surface area (Å²) in [4.78, 5) is 25.2. The zero-order valence-corrected chi connectivity index (χ0v) is 12.7. The van der Waals surface area contributed by atoms with Gasteiger partial charge in [0, 0.05) is 18.7 Å². The molecular weight excluding hydrogens is 298 g/mol. The lowest BCUT2D eigenvalue weighted by Crippen LogP contribution is -2.30. The van der Waals surface area contributed by atoms with Crippen molar-refractivity contribution in [1.82, 2.24) is 15.1 Å². The van der Waals surface area contributed by atoms with Gasteiger partial charge in [0.1, 0.15) is 5.75 Å². The summed E-state index contributed by atoms with van der Waals surface area (Å²) in [6, 6.07) is 7.29. The Hall–Kier alpha value is -2.83. The molecule has 0 spiro atoms. The predicted molar refractivity (Wildman–Crippen MR) is 82.2 cm³/mol. The van der Waals surface area contributed by atoms with E-state index in [-0.39, 0.29) is 12.5 Å². The van der Waals surface area contributed by atoms with Gasteiger partial charge >= 0.3 is 5.97 Å². The van der Waals surface area contributed by atoms with E-state index in [2.05, 4.69) is 10.2 Å². The highest BCUT2D eigenvalue weighted by atomic mass is 16.5. The number of aromatic amines is 1. The van der Waals surface area contributed by atoms with E-state index in [1.807, 2.05) is 12.1 Å². The third-order valence-corrected chi connectivity index (χ3v) is 4.07. The number of hydrogen-bond donors (Lipinski definition) is 2. The van der Waals surface area contributed by atoms with Crippen molar-refractivity contribution in [1.29, 1.82) is 0 Å². The Kier molecular flexibility index (Phi) is 4.01. The Balaban J connectivity index is 1.83. The van der Waals surface area contributed by atoms with Crippen molar-refractivity contribution in [2.75, 3.05) is 20.2 Å². The Labute approximate surface area is 132 Å². The molecule has 1 aliphatic rings. The first-order valence-corrected chi connectivity index (χ1v) is 7.30. The van der Waals surface area contributed by atoms with Crippen molar-refractivity contribution in [2.45, 2.75) is 6.42 Å². The van der Waals surface area contributed by atoms with Gasteiger partial charge in [-0.2, -0.15) is 5.10 Å². The van der Waals surface area contributed by atoms with Gasteiger partial charge in [-0.15, -0.1) is 0 Å². The molecule has 0 aliphatic carbocycles. The van der Waals surface area contributed by atoms with E-state index in [1.54, 1.807) is 24.1 Å². The molecule has 2 heterocycles. The van der Waals surface area contributed by atoms with Crippen LogP contribution >= 0.6 is 0 Å². The molecule has 0 radical (unpaired) electrons. The molecule has 1 saturated heterocycles. The minimum Gasteiger partial charge on any atom is -0.497 e. The number of hydrogen-bond acceptors (Lipinski definition) is 4. The third kappa shape index (κ3) is 2.90. The number of aromatic nitrogens is 2. The Morgan fingerprint density at radius 1 is 1.35 bits per heavy atom. The smallest absolute Gasteiger partial charge is 0.308 e. The summed E-state index contributed by atoms with van der Waals surface area (Å²) in [6.07, 6.45) is 1.97. The summed E-state index contributed by atoms with van der Waals surface area (Å²) in [5, 5.41) is 15.9. The number of amides is 1. The van der Waals surface area contributed by atoms with E-state index in [0.717, 1.165) is 11.3 Å². The summed E-state index contributed by atoms with van der Waals surface area (Å²) in [5.74, 6) is -0.823. The van der Waals surface area contributed by atoms with Gasteiger partial charge in [-0.25, -0.2) is 0 Å². The van der Waals surface area contributed by atoms with Crippen LogP contribution in [0.1, 0.15) is 16.8 Å². The van der Waals surface area contributed by atoms with Crippen LogP contribution in [-0.4, -0.2) is 52.3 Å². The molecule has 1 aromatic carbocycles. The molecule has 0 unspecified atom stereocenters. The van der Waals surface area contributed by atoms with Crippen LogP contribution in [-0.2, 0) is 4.79 Å². The third-order valence-electron chi connectivity index (χ3n) is 4.07. The number of benzene rings is 1. The van der Waals surface area contributed by atoms with Gasteiger partial charge in [0.2, 0.25) is 0 Å². The van der Waals surface area contributed by atoms with Crippen molar-refractivity contribution in [2.24, 2.45) is 5.92 Å². The summed E-state index contributed by atoms with van der Waals surface area (Å²) in [7, 11) is 1.59. The monoisotopic (exact) mass is 315 g/mol. The van der Waals surface area contributed by atoms with Crippen molar-refractivity contribution >= 4 is 11.9 Å². The molecule has 7 heteroatoms. The van der Waals surface area contributed by atoms with Crippen LogP contribution in [0.4, 0.5) is 0 Å². The highest BCUT2D eigenvalue weighted by molar-refractivity contribution is 6.00. The first-order valence-electron chi connectivity index (χ1n) is 7.30. The molecule has 3 rings (SSSR count). The van der Waals surface area contributed by atoms with Gasteiger partial charge in [0.15, 0.2) is 0 Å². The average Bonchev–Trinajstić information content (AvgIpc) is 3.23. The number of rotatable bonds is 4. The molecular formula is C16H17N3O4. The van der Waals surface area contributed by atoms with Crippen molar-refractivity contribution < 1.29 is 19.4 Å². The fourth-order valence-electron chi connectivity index (χ4n) is 2.74. The number of nitrogens with one attached hydrogen (secondary N) is 1. The summed E-state index contributed by atoms with van der Waals surface area (Å²) < 4.78 is 5.12. The first-order chi connectivity index (χ1) is 11.1. The SMILES string of the molecule is COc1ccc(-c2[nH]ncc2C(=O)N2CC[C@H](C(=O)O)C2)cc1. The summed E-state index contributed by atoms with van der Waals surface area (Å²) in [6.45, 7) is 0.685. The van der Waals surface area contributed by atoms with Crippen LogP contribution in [0.2, 0.25) is 0 Å². The van der Waals surface area contributed by atoms with Gasteiger partial charge in [-0.3, -0.25) is 14.7 Å². The number of nitrogens with zero attached hydrogens (tertiary/aromatic N) is 2. The van der Waals surface area contributed by atoms with E-state index in [1.165, 1.54) is 6.20 Å². The lowest BCUT2D eigenvalue weighted by Gasteiger charge is -2.15. The van der Waals surface area contributed by atoms with E-state index in [0.29, 0.717) is 24.2 Å². The normalized spacial score (nSPS) is 17.3. The van der Waals surface area contributed by atoms with Crippen LogP contribution in [0.5, 0.6) is 5.75 Å². The van der Waals surface area contributed by atoms with Gasteiger partial charge < -0.3 is 14.7 Å². The van der Waals surface area contributed by atoms with Gasteiger partial charge in [-0.1, -0.05) is 0 Å². The van der Waals surface area contributed by atoms with Crippen molar-refractivity contribution in [3.8, 4) is 17.0 Å². The lowest BCUT2D eigenvalue weighted by molar-refractivity contribution is -0.141. The Morgan fingerprint density at radius 3 is 2.70 bits per heavy atom. The largest absolute Gasteiger partial charge is 0.497 e. The molecule has 1 amide bonds. The summed E-state index contributed by atoms with van der Waals surface area (Å²) in [5.41, 5.74) is 1.89. The number of carboxylic acids is 1. The second-order valence-corrected chi connectivity index (χ2v) is 5.46. The van der Waals surface area contributed by atoms with Crippen LogP contribution in [0.25, 0.3) is 11.3 Å².